The third-order valence-electron chi connectivity index (χ3n) is 5.00. The third-order valence-corrected chi connectivity index (χ3v) is 7.02. The lowest BCUT2D eigenvalue weighted by atomic mass is 10.1. The molecule has 29 heavy (non-hydrogen) atoms. The van der Waals surface area contributed by atoms with Gasteiger partial charge in [0.25, 0.3) is 5.56 Å². The van der Waals surface area contributed by atoms with Crippen molar-refractivity contribution in [2.75, 3.05) is 26.1 Å². The second kappa shape index (κ2) is 10.1. The van der Waals surface area contributed by atoms with Crippen LogP contribution >= 0.6 is 23.1 Å². The van der Waals surface area contributed by atoms with Gasteiger partial charge in [-0.3, -0.25) is 14.2 Å². The predicted molar refractivity (Wildman–Crippen MR) is 117 cm³/mol. The van der Waals surface area contributed by atoms with Crippen molar-refractivity contribution in [3.8, 4) is 0 Å². The second-order valence-electron chi connectivity index (χ2n) is 7.33. The van der Waals surface area contributed by atoms with Crippen LogP contribution in [0.25, 0.3) is 10.2 Å². The molecule has 2 aromatic heterocycles. The SMILES string of the molecule is CCc1c(C)sc2nc(SCC(=O)NC(C)COC)n(CC3CCCO3)c(=O)c12. The molecule has 0 spiro atoms. The van der Waals surface area contributed by atoms with Gasteiger partial charge in [-0.25, -0.2) is 4.98 Å². The number of ether oxygens (including phenoxy) is 2. The Hall–Kier alpha value is -1.42. The zero-order valence-electron chi connectivity index (χ0n) is 17.4. The minimum Gasteiger partial charge on any atom is -0.383 e. The molecule has 1 N–H and O–H groups in total. The summed E-state index contributed by atoms with van der Waals surface area (Å²) in [5, 5.41) is 4.19. The van der Waals surface area contributed by atoms with Crippen LogP contribution in [0, 0.1) is 6.92 Å². The molecule has 3 heterocycles. The molecule has 2 unspecified atom stereocenters. The molecule has 0 saturated carbocycles. The number of thiophene rings is 1. The number of nitrogens with one attached hydrogen (secondary N) is 1. The van der Waals surface area contributed by atoms with Gasteiger partial charge < -0.3 is 14.8 Å². The van der Waals surface area contributed by atoms with E-state index in [2.05, 4.69) is 12.2 Å². The number of nitrogens with zero attached hydrogens (tertiary/aromatic N) is 2. The fraction of sp³-hybridized carbons (Fsp3) is 0.650. The average molecular weight is 440 g/mol. The highest BCUT2D eigenvalue weighted by atomic mass is 32.2. The zero-order chi connectivity index (χ0) is 21.0. The Morgan fingerprint density at radius 3 is 2.97 bits per heavy atom. The van der Waals surface area contributed by atoms with Gasteiger partial charge in [-0.15, -0.1) is 11.3 Å². The molecule has 1 fully saturated rings. The second-order valence-corrected chi connectivity index (χ2v) is 9.47. The molecule has 1 aliphatic rings. The predicted octanol–water partition coefficient (Wildman–Crippen LogP) is 2.75. The number of aromatic nitrogens is 2. The summed E-state index contributed by atoms with van der Waals surface area (Å²) < 4.78 is 12.5. The van der Waals surface area contributed by atoms with Gasteiger partial charge in [0.2, 0.25) is 5.91 Å². The number of carbonyl (C=O) groups excluding carboxylic acids is 1. The summed E-state index contributed by atoms with van der Waals surface area (Å²) in [6, 6.07) is -0.0651. The Kier molecular flexibility index (Phi) is 7.72. The lowest BCUT2D eigenvalue weighted by Crippen LogP contribution is -2.37. The molecule has 0 bridgehead atoms. The molecule has 160 valence electrons. The summed E-state index contributed by atoms with van der Waals surface area (Å²) in [6.07, 6.45) is 2.77. The Bertz CT molecular complexity index is 919. The van der Waals surface area contributed by atoms with Gasteiger partial charge in [0.05, 0.1) is 30.4 Å². The van der Waals surface area contributed by atoms with Crippen LogP contribution in [-0.2, 0) is 27.2 Å². The summed E-state index contributed by atoms with van der Waals surface area (Å²) in [4.78, 5) is 32.3. The molecule has 0 aromatic carbocycles. The van der Waals surface area contributed by atoms with Crippen LogP contribution in [-0.4, -0.2) is 53.7 Å². The number of hydrogen-bond acceptors (Lipinski definition) is 7. The minimum absolute atomic E-state index is 0.0201. The maximum Gasteiger partial charge on any atom is 0.263 e. The molecular formula is C20H29N3O4S2. The molecule has 9 heteroatoms. The van der Waals surface area contributed by atoms with Crippen molar-refractivity contribution < 1.29 is 14.3 Å². The van der Waals surface area contributed by atoms with Crippen LogP contribution in [0.1, 0.15) is 37.1 Å². The summed E-state index contributed by atoms with van der Waals surface area (Å²) in [5.41, 5.74) is 1.05. The molecule has 1 amide bonds. The molecule has 1 saturated heterocycles. The van der Waals surface area contributed by atoms with Crippen LogP contribution < -0.4 is 10.9 Å². The number of fused-ring (bicyclic) bond motifs is 1. The maximum atomic E-state index is 13.4. The van der Waals surface area contributed by atoms with Gasteiger partial charge in [0.1, 0.15) is 4.83 Å². The molecule has 0 radical (unpaired) electrons. The van der Waals surface area contributed by atoms with E-state index in [1.165, 1.54) is 11.8 Å². The lowest BCUT2D eigenvalue weighted by Gasteiger charge is -2.16. The van der Waals surface area contributed by atoms with Crippen LogP contribution in [0.15, 0.2) is 9.95 Å². The Morgan fingerprint density at radius 1 is 1.52 bits per heavy atom. The van der Waals surface area contributed by atoms with Gasteiger partial charge in [0.15, 0.2) is 5.16 Å². The molecule has 2 atom stereocenters. The van der Waals surface area contributed by atoms with E-state index in [9.17, 15) is 9.59 Å². The van der Waals surface area contributed by atoms with Gasteiger partial charge >= 0.3 is 0 Å². The molecule has 0 aliphatic carbocycles. The van der Waals surface area contributed by atoms with Gasteiger partial charge in [-0.05, 0) is 38.7 Å². The molecule has 1 aliphatic heterocycles. The first-order valence-corrected chi connectivity index (χ1v) is 11.8. The fourth-order valence-corrected chi connectivity index (χ4v) is 5.63. The van der Waals surface area contributed by atoms with Gasteiger partial charge in [0, 0.05) is 24.6 Å². The van der Waals surface area contributed by atoms with E-state index in [1.54, 1.807) is 23.0 Å². The summed E-state index contributed by atoms with van der Waals surface area (Å²) in [5.74, 6) is 0.0943. The van der Waals surface area contributed by atoms with Crippen molar-refractivity contribution >= 4 is 39.2 Å². The summed E-state index contributed by atoms with van der Waals surface area (Å²) >= 11 is 2.85. The Morgan fingerprint density at radius 2 is 2.31 bits per heavy atom. The first kappa shape index (κ1) is 22.3. The number of thioether (sulfide) groups is 1. The monoisotopic (exact) mass is 439 g/mol. The number of amides is 1. The third kappa shape index (κ3) is 5.20. The Labute approximate surface area is 179 Å². The van der Waals surface area contributed by atoms with Crippen LogP contribution in [0.5, 0.6) is 0 Å². The summed E-state index contributed by atoms with van der Waals surface area (Å²) in [7, 11) is 1.61. The number of carbonyl (C=O) groups is 1. The Balaban J connectivity index is 1.89. The number of aryl methyl sites for hydroxylation is 2. The van der Waals surface area contributed by atoms with E-state index >= 15 is 0 Å². The molecule has 7 nitrogen and oxygen atoms in total. The minimum atomic E-state index is -0.103. The van der Waals surface area contributed by atoms with Crippen molar-refractivity contribution in [3.05, 3.63) is 20.8 Å². The fourth-order valence-electron chi connectivity index (χ4n) is 3.66. The highest BCUT2D eigenvalue weighted by Crippen LogP contribution is 2.30. The molecular weight excluding hydrogens is 410 g/mol. The highest BCUT2D eigenvalue weighted by molar-refractivity contribution is 7.99. The van der Waals surface area contributed by atoms with E-state index in [0.717, 1.165) is 46.5 Å². The highest BCUT2D eigenvalue weighted by Gasteiger charge is 2.23. The number of methoxy groups -OCH3 is 1. The van der Waals surface area contributed by atoms with Crippen molar-refractivity contribution in [2.45, 2.75) is 63.9 Å². The van der Waals surface area contributed by atoms with Crippen molar-refractivity contribution in [3.63, 3.8) is 0 Å². The van der Waals surface area contributed by atoms with Crippen LogP contribution in [0.3, 0.4) is 0 Å². The van der Waals surface area contributed by atoms with E-state index in [1.807, 2.05) is 13.8 Å². The average Bonchev–Trinajstić information content (AvgIpc) is 3.29. The van der Waals surface area contributed by atoms with Gasteiger partial charge in [-0.1, -0.05) is 18.7 Å². The number of rotatable bonds is 9. The molecule has 3 rings (SSSR count). The first-order valence-electron chi connectivity index (χ1n) is 10.00. The van der Waals surface area contributed by atoms with Crippen molar-refractivity contribution in [1.29, 1.82) is 0 Å². The van der Waals surface area contributed by atoms with Crippen molar-refractivity contribution in [1.82, 2.24) is 14.9 Å². The number of hydrogen-bond donors (Lipinski definition) is 1. The smallest absolute Gasteiger partial charge is 0.263 e. The normalized spacial score (nSPS) is 17.7. The quantitative estimate of drug-likeness (QED) is 0.478. The van der Waals surface area contributed by atoms with E-state index in [-0.39, 0.29) is 29.4 Å². The van der Waals surface area contributed by atoms with Gasteiger partial charge in [-0.2, -0.15) is 0 Å². The lowest BCUT2D eigenvalue weighted by molar-refractivity contribution is -0.119. The van der Waals surface area contributed by atoms with E-state index in [4.69, 9.17) is 14.5 Å². The maximum absolute atomic E-state index is 13.4. The van der Waals surface area contributed by atoms with Crippen LogP contribution in [0.2, 0.25) is 0 Å². The molecule has 2 aromatic rings. The topological polar surface area (TPSA) is 82.4 Å². The summed E-state index contributed by atoms with van der Waals surface area (Å²) in [6.45, 7) is 7.65. The van der Waals surface area contributed by atoms with Crippen molar-refractivity contribution in [2.24, 2.45) is 0 Å². The zero-order valence-corrected chi connectivity index (χ0v) is 19.1. The first-order chi connectivity index (χ1) is 13.9. The standard InChI is InChI=1S/C20H29N3O4S2/c1-5-15-13(3)29-18-17(15)19(25)23(9-14-7-6-8-27-14)20(22-18)28-11-16(24)21-12(2)10-26-4/h12,14H,5-11H2,1-4H3,(H,21,24). The van der Waals surface area contributed by atoms with E-state index < -0.39 is 0 Å². The van der Waals surface area contributed by atoms with E-state index in [0.29, 0.717) is 18.3 Å². The van der Waals surface area contributed by atoms with Crippen LogP contribution in [0.4, 0.5) is 0 Å². The largest absolute Gasteiger partial charge is 0.383 e.